The topological polar surface area (TPSA) is 110 Å². The zero-order chi connectivity index (χ0) is 22.1. The Labute approximate surface area is 184 Å². The lowest BCUT2D eigenvalue weighted by Crippen LogP contribution is -2.44. The van der Waals surface area contributed by atoms with Gasteiger partial charge in [0, 0.05) is 23.7 Å². The summed E-state index contributed by atoms with van der Waals surface area (Å²) in [6.45, 7) is 2.10. The number of nitrogens with zero attached hydrogens (tertiary/aromatic N) is 4. The number of carbonyl (C=O) groups excluding carboxylic acids is 2. The van der Waals surface area contributed by atoms with Crippen molar-refractivity contribution in [3.05, 3.63) is 72.2 Å². The number of anilines is 1. The zero-order valence-corrected chi connectivity index (χ0v) is 17.4. The average Bonchev–Trinajstić information content (AvgIpc) is 3.26. The molecule has 162 valence electrons. The van der Waals surface area contributed by atoms with Crippen LogP contribution in [0.15, 0.2) is 71.7 Å². The van der Waals surface area contributed by atoms with E-state index in [0.29, 0.717) is 17.3 Å². The Balaban J connectivity index is 1.39. The molecule has 1 fully saturated rings. The summed E-state index contributed by atoms with van der Waals surface area (Å²) in [6.07, 6.45) is 6.37. The van der Waals surface area contributed by atoms with Gasteiger partial charge in [0.1, 0.15) is 11.8 Å². The second-order valence-corrected chi connectivity index (χ2v) is 8.08. The molecule has 3 unspecified atom stereocenters. The first kappa shape index (κ1) is 19.9. The quantitative estimate of drug-likeness (QED) is 0.487. The fraction of sp³-hybridized carbons (Fsp3) is 0.261. The number of esters is 1. The predicted octanol–water partition coefficient (Wildman–Crippen LogP) is 2.78. The van der Waals surface area contributed by atoms with Crippen molar-refractivity contribution in [2.24, 2.45) is 16.9 Å². The number of ether oxygens (including phenoxy) is 1. The van der Waals surface area contributed by atoms with Gasteiger partial charge in [-0.1, -0.05) is 25.1 Å². The van der Waals surface area contributed by atoms with Crippen LogP contribution in [0.5, 0.6) is 0 Å². The molecule has 0 saturated heterocycles. The van der Waals surface area contributed by atoms with Crippen LogP contribution >= 0.6 is 0 Å². The molecule has 1 amide bonds. The minimum Gasteiger partial charge on any atom is -0.457 e. The van der Waals surface area contributed by atoms with Gasteiger partial charge in [-0.25, -0.2) is 14.3 Å². The summed E-state index contributed by atoms with van der Waals surface area (Å²) in [7, 11) is 0. The molecule has 9 nitrogen and oxygen atoms in total. The van der Waals surface area contributed by atoms with Gasteiger partial charge in [0.15, 0.2) is 11.5 Å². The molecular weight excluding hydrogens is 408 g/mol. The zero-order valence-electron chi connectivity index (χ0n) is 17.4. The molecule has 9 heteroatoms. The normalized spacial score (nSPS) is 23.9. The standard InChI is InChI=1S/C23H22N6O3/c1-14-11-17(26-27-20-7-8-21-24-9-10-29(21)28-20)16-13-18(23(31)32-19(16)12-14)25-22(30)15-5-3-2-4-6-15/h2-10,13-14,16,19H,11-12H2,1H3,(H,25,30)(H,27,28). The van der Waals surface area contributed by atoms with Crippen LogP contribution in [0.2, 0.25) is 0 Å². The first-order valence-electron chi connectivity index (χ1n) is 10.5. The number of hydrogen-bond acceptors (Lipinski definition) is 7. The molecule has 0 spiro atoms. The van der Waals surface area contributed by atoms with Crippen molar-refractivity contribution < 1.29 is 14.3 Å². The van der Waals surface area contributed by atoms with Crippen molar-refractivity contribution in [3.8, 4) is 0 Å². The van der Waals surface area contributed by atoms with Crippen molar-refractivity contribution >= 4 is 29.1 Å². The van der Waals surface area contributed by atoms with Crippen molar-refractivity contribution in [2.75, 3.05) is 5.43 Å². The number of hydrogen-bond donors (Lipinski definition) is 2. The first-order valence-corrected chi connectivity index (χ1v) is 10.5. The third-order valence-corrected chi connectivity index (χ3v) is 5.66. The number of nitrogens with one attached hydrogen (secondary N) is 2. The summed E-state index contributed by atoms with van der Waals surface area (Å²) < 4.78 is 7.34. The Bertz CT molecular complexity index is 1230. The van der Waals surface area contributed by atoms with Crippen LogP contribution in [0.4, 0.5) is 5.82 Å². The monoisotopic (exact) mass is 430 g/mol. The second-order valence-electron chi connectivity index (χ2n) is 8.08. The highest BCUT2D eigenvalue weighted by atomic mass is 16.5. The summed E-state index contributed by atoms with van der Waals surface area (Å²) in [5.41, 5.74) is 5.22. The SMILES string of the molecule is CC1CC(=NNc2ccc3nccn3n2)C2C=C(NC(=O)c3ccccc3)C(=O)OC2C1. The molecule has 0 bridgehead atoms. The van der Waals surface area contributed by atoms with E-state index in [4.69, 9.17) is 4.74 Å². The van der Waals surface area contributed by atoms with Gasteiger partial charge in [0.05, 0.1) is 5.92 Å². The number of fused-ring (bicyclic) bond motifs is 2. The van der Waals surface area contributed by atoms with Crippen LogP contribution in [0.1, 0.15) is 30.1 Å². The van der Waals surface area contributed by atoms with E-state index >= 15 is 0 Å². The van der Waals surface area contributed by atoms with E-state index < -0.39 is 5.97 Å². The van der Waals surface area contributed by atoms with Crippen molar-refractivity contribution in [1.82, 2.24) is 19.9 Å². The van der Waals surface area contributed by atoms with Crippen LogP contribution in [-0.2, 0) is 9.53 Å². The molecule has 3 aromatic rings. The van der Waals surface area contributed by atoms with E-state index in [1.165, 1.54) is 0 Å². The third kappa shape index (κ3) is 3.96. The highest BCUT2D eigenvalue weighted by Crippen LogP contribution is 2.34. The summed E-state index contributed by atoms with van der Waals surface area (Å²) in [6, 6.07) is 12.4. The molecule has 2 aliphatic rings. The van der Waals surface area contributed by atoms with Crippen LogP contribution in [0, 0.1) is 11.8 Å². The van der Waals surface area contributed by atoms with E-state index in [9.17, 15) is 9.59 Å². The molecule has 1 aliphatic heterocycles. The minimum absolute atomic E-state index is 0.139. The van der Waals surface area contributed by atoms with Crippen LogP contribution in [-0.4, -0.2) is 38.3 Å². The fourth-order valence-corrected chi connectivity index (χ4v) is 4.11. The molecule has 3 atom stereocenters. The molecule has 0 radical (unpaired) electrons. The number of benzene rings is 1. The van der Waals surface area contributed by atoms with Gasteiger partial charge in [0.25, 0.3) is 5.91 Å². The molecule has 3 heterocycles. The van der Waals surface area contributed by atoms with Gasteiger partial charge < -0.3 is 10.1 Å². The highest BCUT2D eigenvalue weighted by Gasteiger charge is 2.40. The predicted molar refractivity (Wildman–Crippen MR) is 118 cm³/mol. The summed E-state index contributed by atoms with van der Waals surface area (Å²) in [4.78, 5) is 29.2. The smallest absolute Gasteiger partial charge is 0.354 e. The number of hydrazone groups is 1. The summed E-state index contributed by atoms with van der Waals surface area (Å²) in [5, 5.41) is 11.7. The lowest BCUT2D eigenvalue weighted by atomic mass is 9.77. The first-order chi connectivity index (χ1) is 15.6. The van der Waals surface area contributed by atoms with E-state index in [1.54, 1.807) is 53.3 Å². The van der Waals surface area contributed by atoms with Gasteiger partial charge in [-0.05, 0) is 49.1 Å². The second kappa shape index (κ2) is 8.26. The average molecular weight is 430 g/mol. The summed E-state index contributed by atoms with van der Waals surface area (Å²) in [5.74, 6) is -0.218. The Morgan fingerprint density at radius 2 is 2.06 bits per heavy atom. The number of aromatic nitrogens is 3. The molecule has 32 heavy (non-hydrogen) atoms. The Hall–Kier alpha value is -4.01. The highest BCUT2D eigenvalue weighted by molar-refractivity contribution is 6.02. The third-order valence-electron chi connectivity index (χ3n) is 5.66. The van der Waals surface area contributed by atoms with E-state index in [0.717, 1.165) is 24.2 Å². The number of amides is 1. The maximum Gasteiger partial charge on any atom is 0.354 e. The van der Waals surface area contributed by atoms with Crippen molar-refractivity contribution in [2.45, 2.75) is 25.9 Å². The van der Waals surface area contributed by atoms with Crippen LogP contribution in [0.3, 0.4) is 0 Å². The van der Waals surface area contributed by atoms with E-state index in [1.807, 2.05) is 12.1 Å². The molecule has 1 aliphatic carbocycles. The van der Waals surface area contributed by atoms with E-state index in [-0.39, 0.29) is 23.6 Å². The molecular formula is C23H22N6O3. The lowest BCUT2D eigenvalue weighted by Gasteiger charge is -2.37. The molecule has 2 aromatic heterocycles. The van der Waals surface area contributed by atoms with Crippen molar-refractivity contribution in [1.29, 1.82) is 0 Å². The van der Waals surface area contributed by atoms with Gasteiger partial charge in [-0.2, -0.15) is 5.10 Å². The number of carbonyl (C=O) groups is 2. The van der Waals surface area contributed by atoms with Crippen LogP contribution < -0.4 is 10.7 Å². The van der Waals surface area contributed by atoms with Crippen molar-refractivity contribution in [3.63, 3.8) is 0 Å². The molecule has 5 rings (SSSR count). The maximum absolute atomic E-state index is 12.5. The number of imidazole rings is 1. The lowest BCUT2D eigenvalue weighted by molar-refractivity contribution is -0.148. The minimum atomic E-state index is -0.524. The maximum atomic E-state index is 12.5. The Morgan fingerprint density at radius 1 is 1.22 bits per heavy atom. The Kier molecular flexibility index (Phi) is 5.14. The fourth-order valence-electron chi connectivity index (χ4n) is 4.11. The van der Waals surface area contributed by atoms with E-state index in [2.05, 4.69) is 32.9 Å². The molecule has 1 saturated carbocycles. The molecule has 1 aromatic carbocycles. The van der Waals surface area contributed by atoms with Gasteiger partial charge >= 0.3 is 5.97 Å². The summed E-state index contributed by atoms with van der Waals surface area (Å²) >= 11 is 0. The Morgan fingerprint density at radius 3 is 2.91 bits per heavy atom. The van der Waals surface area contributed by atoms with Gasteiger partial charge in [0.2, 0.25) is 0 Å². The largest absolute Gasteiger partial charge is 0.457 e. The van der Waals surface area contributed by atoms with Gasteiger partial charge in [-0.3, -0.25) is 10.2 Å². The van der Waals surface area contributed by atoms with Gasteiger partial charge in [-0.15, -0.1) is 5.10 Å². The molecule has 2 N–H and O–H groups in total. The number of rotatable bonds is 4. The van der Waals surface area contributed by atoms with Crippen LogP contribution in [0.25, 0.3) is 5.65 Å².